The second-order valence-electron chi connectivity index (χ2n) is 3.89. The molecule has 0 saturated carbocycles. The Morgan fingerprint density at radius 3 is 3.07 bits per heavy atom. The number of nitrogens with zero attached hydrogens (tertiary/aromatic N) is 2. The van der Waals surface area contributed by atoms with Crippen molar-refractivity contribution in [3.05, 3.63) is 24.0 Å². The van der Waals surface area contributed by atoms with Gasteiger partial charge in [0, 0.05) is 24.5 Å². The van der Waals surface area contributed by atoms with Crippen molar-refractivity contribution < 1.29 is 9.90 Å². The van der Waals surface area contributed by atoms with Crippen LogP contribution in [0.3, 0.4) is 0 Å². The summed E-state index contributed by atoms with van der Waals surface area (Å²) in [6, 6.07) is 4.01. The third-order valence-electron chi connectivity index (χ3n) is 2.85. The van der Waals surface area contributed by atoms with E-state index in [1.807, 2.05) is 6.07 Å². The van der Waals surface area contributed by atoms with Crippen molar-refractivity contribution in [3.63, 3.8) is 0 Å². The summed E-state index contributed by atoms with van der Waals surface area (Å²) in [5, 5.41) is 8.84. The monoisotopic (exact) mass is 206 g/mol. The van der Waals surface area contributed by atoms with Gasteiger partial charge in [-0.15, -0.1) is 0 Å². The van der Waals surface area contributed by atoms with Gasteiger partial charge in [0.15, 0.2) is 0 Å². The summed E-state index contributed by atoms with van der Waals surface area (Å²) in [4.78, 5) is 16.8. The van der Waals surface area contributed by atoms with Crippen LogP contribution in [0.5, 0.6) is 0 Å². The molecule has 0 bridgehead atoms. The Labute approximate surface area is 88.6 Å². The Bertz CT molecular complexity index is 379. The Kier molecular flexibility index (Phi) is 2.58. The molecule has 0 aromatic carbocycles. The summed E-state index contributed by atoms with van der Waals surface area (Å²) >= 11 is 0. The molecule has 2 rings (SSSR count). The van der Waals surface area contributed by atoms with Crippen LogP contribution in [0.2, 0.25) is 0 Å². The van der Waals surface area contributed by atoms with Crippen LogP contribution in [0.1, 0.15) is 30.3 Å². The van der Waals surface area contributed by atoms with E-state index in [2.05, 4.69) is 16.8 Å². The molecule has 1 fully saturated rings. The topological polar surface area (TPSA) is 53.4 Å². The molecule has 4 nitrogen and oxygen atoms in total. The van der Waals surface area contributed by atoms with E-state index in [0.29, 0.717) is 6.04 Å². The smallest absolute Gasteiger partial charge is 0.354 e. The van der Waals surface area contributed by atoms with E-state index in [1.54, 1.807) is 12.3 Å². The van der Waals surface area contributed by atoms with Gasteiger partial charge in [-0.1, -0.05) is 0 Å². The van der Waals surface area contributed by atoms with Crippen molar-refractivity contribution in [1.82, 2.24) is 4.98 Å². The summed E-state index contributed by atoms with van der Waals surface area (Å²) in [6.07, 6.45) is 3.90. The molecule has 4 heteroatoms. The maximum atomic E-state index is 10.8. The summed E-state index contributed by atoms with van der Waals surface area (Å²) in [5.41, 5.74) is 1.08. The highest BCUT2D eigenvalue weighted by Gasteiger charge is 2.21. The van der Waals surface area contributed by atoms with E-state index in [9.17, 15) is 4.79 Å². The molecule has 1 aromatic rings. The van der Waals surface area contributed by atoms with Gasteiger partial charge in [-0.2, -0.15) is 0 Å². The van der Waals surface area contributed by atoms with Crippen LogP contribution >= 0.6 is 0 Å². The van der Waals surface area contributed by atoms with Crippen LogP contribution in [0.25, 0.3) is 0 Å². The molecule has 1 aliphatic rings. The summed E-state index contributed by atoms with van der Waals surface area (Å²) in [7, 11) is 0. The molecule has 0 spiro atoms. The first-order valence-corrected chi connectivity index (χ1v) is 5.14. The minimum atomic E-state index is -0.969. The predicted octanol–water partition coefficient (Wildman–Crippen LogP) is 1.77. The Morgan fingerprint density at radius 1 is 1.67 bits per heavy atom. The van der Waals surface area contributed by atoms with Crippen molar-refractivity contribution in [2.45, 2.75) is 25.8 Å². The van der Waals surface area contributed by atoms with Crippen LogP contribution in [0.15, 0.2) is 18.3 Å². The van der Waals surface area contributed by atoms with Crippen LogP contribution in [0, 0.1) is 0 Å². The van der Waals surface area contributed by atoms with E-state index in [0.717, 1.165) is 12.2 Å². The van der Waals surface area contributed by atoms with Gasteiger partial charge in [0.05, 0.1) is 0 Å². The van der Waals surface area contributed by atoms with Crippen LogP contribution in [-0.4, -0.2) is 28.6 Å². The normalized spacial score (nSPS) is 20.6. The van der Waals surface area contributed by atoms with Crippen molar-refractivity contribution in [1.29, 1.82) is 0 Å². The first-order chi connectivity index (χ1) is 7.18. The van der Waals surface area contributed by atoms with Gasteiger partial charge < -0.3 is 10.0 Å². The molecule has 80 valence electrons. The van der Waals surface area contributed by atoms with Crippen molar-refractivity contribution in [3.8, 4) is 0 Å². The molecule has 1 aromatic heterocycles. The van der Waals surface area contributed by atoms with E-state index < -0.39 is 5.97 Å². The molecule has 1 N–H and O–H groups in total. The fourth-order valence-corrected chi connectivity index (χ4v) is 2.03. The molecule has 1 saturated heterocycles. The summed E-state index contributed by atoms with van der Waals surface area (Å²) < 4.78 is 0. The van der Waals surface area contributed by atoms with Gasteiger partial charge in [0.2, 0.25) is 0 Å². The lowest BCUT2D eigenvalue weighted by atomic mass is 10.2. The number of hydrogen-bond donors (Lipinski definition) is 1. The maximum absolute atomic E-state index is 10.8. The van der Waals surface area contributed by atoms with E-state index in [-0.39, 0.29) is 5.69 Å². The van der Waals surface area contributed by atoms with Gasteiger partial charge in [0.25, 0.3) is 0 Å². The highest BCUT2D eigenvalue weighted by atomic mass is 16.4. The number of carboxylic acids is 1. The number of carboxylic acid groups (broad SMARTS) is 1. The van der Waals surface area contributed by atoms with Crippen molar-refractivity contribution >= 4 is 11.7 Å². The highest BCUT2D eigenvalue weighted by Crippen LogP contribution is 2.25. The van der Waals surface area contributed by atoms with Gasteiger partial charge in [-0.05, 0) is 31.9 Å². The van der Waals surface area contributed by atoms with Gasteiger partial charge in [-0.3, -0.25) is 0 Å². The lowest BCUT2D eigenvalue weighted by Crippen LogP contribution is -2.26. The van der Waals surface area contributed by atoms with E-state index in [4.69, 9.17) is 5.11 Å². The number of carbonyl (C=O) groups is 1. The van der Waals surface area contributed by atoms with Crippen LogP contribution in [0.4, 0.5) is 5.69 Å². The number of hydrogen-bond acceptors (Lipinski definition) is 3. The number of rotatable bonds is 2. The number of aromatic carboxylic acids is 1. The zero-order valence-electron chi connectivity index (χ0n) is 8.68. The molecule has 0 aliphatic carbocycles. The average molecular weight is 206 g/mol. The Hall–Kier alpha value is -1.58. The van der Waals surface area contributed by atoms with Gasteiger partial charge >= 0.3 is 5.97 Å². The van der Waals surface area contributed by atoms with Gasteiger partial charge in [0.1, 0.15) is 5.69 Å². The van der Waals surface area contributed by atoms with Gasteiger partial charge in [-0.25, -0.2) is 9.78 Å². The molecule has 0 radical (unpaired) electrons. The van der Waals surface area contributed by atoms with Crippen LogP contribution < -0.4 is 4.90 Å². The predicted molar refractivity (Wildman–Crippen MR) is 57.2 cm³/mol. The molecule has 1 atom stereocenters. The fourth-order valence-electron chi connectivity index (χ4n) is 2.03. The first kappa shape index (κ1) is 9.96. The minimum Gasteiger partial charge on any atom is -0.477 e. The lowest BCUT2D eigenvalue weighted by molar-refractivity contribution is 0.0690. The second kappa shape index (κ2) is 3.88. The quantitative estimate of drug-likeness (QED) is 0.801. The molecular formula is C11H14N2O2. The first-order valence-electron chi connectivity index (χ1n) is 5.14. The molecule has 15 heavy (non-hydrogen) atoms. The second-order valence-corrected chi connectivity index (χ2v) is 3.89. The summed E-state index contributed by atoms with van der Waals surface area (Å²) in [5.74, 6) is -0.969. The lowest BCUT2D eigenvalue weighted by Gasteiger charge is -2.23. The zero-order chi connectivity index (χ0) is 10.8. The van der Waals surface area contributed by atoms with Crippen molar-refractivity contribution in [2.75, 3.05) is 11.4 Å². The number of aromatic nitrogens is 1. The maximum Gasteiger partial charge on any atom is 0.354 e. The molecule has 1 aliphatic heterocycles. The highest BCUT2D eigenvalue weighted by molar-refractivity contribution is 5.86. The average Bonchev–Trinajstić information content (AvgIpc) is 2.64. The number of anilines is 1. The standard InChI is InChI=1S/C11H14N2O2/c1-8-3-2-6-13(8)9-4-5-12-10(7-9)11(14)15/h4-5,7-8H,2-3,6H2,1H3,(H,14,15). The fraction of sp³-hybridized carbons (Fsp3) is 0.455. The van der Waals surface area contributed by atoms with E-state index in [1.165, 1.54) is 12.8 Å². The molecule has 0 amide bonds. The summed E-state index contributed by atoms with van der Waals surface area (Å²) in [6.45, 7) is 3.16. The Balaban J connectivity index is 2.28. The molecular weight excluding hydrogens is 192 g/mol. The largest absolute Gasteiger partial charge is 0.477 e. The minimum absolute atomic E-state index is 0.117. The molecule has 2 heterocycles. The third kappa shape index (κ3) is 1.93. The van der Waals surface area contributed by atoms with Crippen LogP contribution in [-0.2, 0) is 0 Å². The number of pyridine rings is 1. The molecule has 1 unspecified atom stereocenters. The van der Waals surface area contributed by atoms with E-state index >= 15 is 0 Å². The third-order valence-corrected chi connectivity index (χ3v) is 2.85. The SMILES string of the molecule is CC1CCCN1c1ccnc(C(=O)O)c1. The van der Waals surface area contributed by atoms with Crippen molar-refractivity contribution in [2.24, 2.45) is 0 Å². The Morgan fingerprint density at radius 2 is 2.47 bits per heavy atom. The zero-order valence-corrected chi connectivity index (χ0v) is 8.68.